The van der Waals surface area contributed by atoms with Crippen molar-refractivity contribution < 1.29 is 4.74 Å². The van der Waals surface area contributed by atoms with Crippen LogP contribution in [0.25, 0.3) is 0 Å². The second-order valence-electron chi connectivity index (χ2n) is 5.89. The average molecular weight is 286 g/mol. The lowest BCUT2D eigenvalue weighted by atomic mass is 10.2. The van der Waals surface area contributed by atoms with Gasteiger partial charge in [-0.15, -0.1) is 0 Å². The van der Waals surface area contributed by atoms with Gasteiger partial charge < -0.3 is 10.1 Å². The van der Waals surface area contributed by atoms with E-state index in [2.05, 4.69) is 54.2 Å². The normalized spacial score (nSPS) is 11.2. The minimum atomic E-state index is -1.20. The van der Waals surface area contributed by atoms with Gasteiger partial charge in [-0.3, -0.25) is 0 Å². The van der Waals surface area contributed by atoms with Crippen LogP contribution < -0.4 is 15.2 Å². The van der Waals surface area contributed by atoms with Crippen LogP contribution in [0, 0.1) is 0 Å². The van der Waals surface area contributed by atoms with Crippen molar-refractivity contribution in [1.82, 2.24) is 4.98 Å². The maximum atomic E-state index is 5.04. The summed E-state index contributed by atoms with van der Waals surface area (Å²) < 4.78 is 5.04. The Balaban J connectivity index is 1.96. The van der Waals surface area contributed by atoms with E-state index < -0.39 is 8.07 Å². The molecule has 0 bridgehead atoms. The first kappa shape index (κ1) is 14.6. The first-order chi connectivity index (χ1) is 9.49. The van der Waals surface area contributed by atoms with Gasteiger partial charge in [0, 0.05) is 12.6 Å². The zero-order valence-electron chi connectivity index (χ0n) is 12.6. The van der Waals surface area contributed by atoms with Crippen molar-refractivity contribution in [3.63, 3.8) is 0 Å². The number of ether oxygens (including phenoxy) is 1. The molecule has 4 heteroatoms. The Morgan fingerprint density at radius 2 is 1.75 bits per heavy atom. The molecule has 106 valence electrons. The van der Waals surface area contributed by atoms with Crippen molar-refractivity contribution in [3.05, 3.63) is 48.2 Å². The van der Waals surface area contributed by atoms with Gasteiger partial charge in [-0.05, 0) is 11.6 Å². The molecule has 0 aliphatic rings. The number of benzene rings is 1. The minimum absolute atomic E-state index is 0.634. The average Bonchev–Trinajstić information content (AvgIpc) is 2.45. The van der Waals surface area contributed by atoms with Gasteiger partial charge in [0.1, 0.15) is 0 Å². The Hall–Kier alpha value is -1.81. The van der Waals surface area contributed by atoms with E-state index in [1.54, 1.807) is 13.3 Å². The molecule has 0 atom stereocenters. The first-order valence-corrected chi connectivity index (χ1v) is 10.3. The van der Waals surface area contributed by atoms with Gasteiger partial charge in [0.25, 0.3) is 0 Å². The van der Waals surface area contributed by atoms with Crippen LogP contribution in [-0.2, 0) is 6.54 Å². The number of nitrogens with zero attached hydrogens (tertiary/aromatic N) is 1. The molecule has 2 rings (SSSR count). The van der Waals surface area contributed by atoms with Gasteiger partial charge in [0.05, 0.1) is 27.1 Å². The van der Waals surface area contributed by atoms with E-state index in [1.165, 1.54) is 10.8 Å². The Bertz CT molecular complexity index is 544. The second-order valence-corrected chi connectivity index (χ2v) is 11.0. The van der Waals surface area contributed by atoms with Crippen LogP contribution in [0.2, 0.25) is 19.6 Å². The van der Waals surface area contributed by atoms with E-state index in [4.69, 9.17) is 4.74 Å². The molecule has 1 N–H and O–H groups in total. The van der Waals surface area contributed by atoms with Crippen molar-refractivity contribution in [2.45, 2.75) is 26.2 Å². The number of rotatable bonds is 5. The summed E-state index contributed by atoms with van der Waals surface area (Å²) in [5.74, 6) is 0.634. The maximum Gasteiger partial charge on any atom is 0.213 e. The van der Waals surface area contributed by atoms with Crippen molar-refractivity contribution >= 4 is 18.9 Å². The predicted octanol–water partition coefficient (Wildman–Crippen LogP) is 3.25. The van der Waals surface area contributed by atoms with Crippen LogP contribution in [0.15, 0.2) is 42.6 Å². The molecule has 0 aliphatic heterocycles. The smallest absolute Gasteiger partial charge is 0.213 e. The molecule has 0 spiro atoms. The molecule has 2 aromatic rings. The van der Waals surface area contributed by atoms with Crippen LogP contribution in [0.3, 0.4) is 0 Å². The summed E-state index contributed by atoms with van der Waals surface area (Å²) in [5.41, 5.74) is 2.28. The first-order valence-electron chi connectivity index (χ1n) is 6.82. The summed E-state index contributed by atoms with van der Waals surface area (Å²) in [4.78, 5) is 4.18. The third-order valence-corrected chi connectivity index (χ3v) is 5.33. The van der Waals surface area contributed by atoms with Crippen LogP contribution >= 0.6 is 0 Å². The molecular formula is C16H22N2OSi. The Morgan fingerprint density at radius 3 is 2.25 bits per heavy atom. The third kappa shape index (κ3) is 3.84. The Kier molecular flexibility index (Phi) is 4.45. The van der Waals surface area contributed by atoms with Crippen LogP contribution in [0.5, 0.6) is 5.88 Å². The molecule has 20 heavy (non-hydrogen) atoms. The van der Waals surface area contributed by atoms with Gasteiger partial charge in [-0.1, -0.05) is 49.1 Å². The van der Waals surface area contributed by atoms with E-state index in [-0.39, 0.29) is 0 Å². The number of nitrogens with one attached hydrogen (secondary N) is 1. The van der Waals surface area contributed by atoms with Crippen molar-refractivity contribution in [2.75, 3.05) is 12.4 Å². The molecule has 0 unspecified atom stereocenters. The summed E-state index contributed by atoms with van der Waals surface area (Å²) in [6.07, 6.45) is 1.79. The van der Waals surface area contributed by atoms with Crippen molar-refractivity contribution in [2.24, 2.45) is 0 Å². The largest absolute Gasteiger partial charge is 0.481 e. The van der Waals surface area contributed by atoms with Crippen LogP contribution in [0.1, 0.15) is 5.56 Å². The molecule has 0 radical (unpaired) electrons. The lowest BCUT2D eigenvalue weighted by Gasteiger charge is -2.17. The van der Waals surface area contributed by atoms with Gasteiger partial charge in [0.2, 0.25) is 5.88 Å². The number of hydrogen-bond acceptors (Lipinski definition) is 3. The zero-order valence-corrected chi connectivity index (χ0v) is 13.6. The summed E-state index contributed by atoms with van der Waals surface area (Å²) in [6, 6.07) is 12.8. The lowest BCUT2D eigenvalue weighted by molar-refractivity contribution is 0.398. The summed E-state index contributed by atoms with van der Waals surface area (Å²) in [7, 11) is 0.423. The Morgan fingerprint density at radius 1 is 1.05 bits per heavy atom. The molecule has 3 nitrogen and oxygen atoms in total. The summed E-state index contributed by atoms with van der Waals surface area (Å²) in [6.45, 7) is 7.90. The summed E-state index contributed by atoms with van der Waals surface area (Å²) in [5, 5.41) is 4.86. The summed E-state index contributed by atoms with van der Waals surface area (Å²) >= 11 is 0. The van der Waals surface area contributed by atoms with E-state index >= 15 is 0 Å². The van der Waals surface area contributed by atoms with E-state index in [9.17, 15) is 0 Å². The maximum absolute atomic E-state index is 5.04. The molecule has 0 saturated heterocycles. The van der Waals surface area contributed by atoms with Crippen LogP contribution in [0.4, 0.5) is 5.69 Å². The van der Waals surface area contributed by atoms with Crippen LogP contribution in [-0.4, -0.2) is 20.2 Å². The highest BCUT2D eigenvalue weighted by atomic mass is 28.3. The lowest BCUT2D eigenvalue weighted by Crippen LogP contribution is -2.37. The highest BCUT2D eigenvalue weighted by Crippen LogP contribution is 2.12. The zero-order chi connectivity index (χ0) is 14.6. The molecular weight excluding hydrogens is 264 g/mol. The van der Waals surface area contributed by atoms with Crippen molar-refractivity contribution in [1.29, 1.82) is 0 Å². The minimum Gasteiger partial charge on any atom is -0.481 e. The third-order valence-electron chi connectivity index (χ3n) is 3.26. The number of pyridine rings is 1. The highest BCUT2D eigenvalue weighted by Gasteiger charge is 2.15. The number of anilines is 1. The molecule has 0 fully saturated rings. The molecule has 1 heterocycles. The number of aromatic nitrogens is 1. The molecule has 1 aromatic carbocycles. The highest BCUT2D eigenvalue weighted by molar-refractivity contribution is 6.88. The van der Waals surface area contributed by atoms with Gasteiger partial charge in [0.15, 0.2) is 0 Å². The van der Waals surface area contributed by atoms with E-state index in [1.807, 2.05) is 12.1 Å². The van der Waals surface area contributed by atoms with Crippen molar-refractivity contribution in [3.8, 4) is 5.88 Å². The quantitative estimate of drug-likeness (QED) is 0.857. The van der Waals surface area contributed by atoms with E-state index in [0.717, 1.165) is 12.2 Å². The number of methoxy groups -OCH3 is 1. The monoisotopic (exact) mass is 286 g/mol. The second kappa shape index (κ2) is 6.09. The topological polar surface area (TPSA) is 34.1 Å². The SMILES string of the molecule is COc1ccc(NCc2ccc([Si](C)(C)C)cc2)cn1. The van der Waals surface area contributed by atoms with E-state index in [0.29, 0.717) is 5.88 Å². The standard InChI is InChI=1S/C16H22N2OSi/c1-19-16-10-7-14(12-18-16)17-11-13-5-8-15(9-6-13)20(2,3)4/h5-10,12,17H,11H2,1-4H3. The molecule has 0 aliphatic carbocycles. The molecule has 0 saturated carbocycles. The van der Waals surface area contributed by atoms with Gasteiger partial charge in [-0.2, -0.15) is 0 Å². The van der Waals surface area contributed by atoms with Gasteiger partial charge >= 0.3 is 0 Å². The fraction of sp³-hybridized carbons (Fsp3) is 0.312. The number of hydrogen-bond donors (Lipinski definition) is 1. The fourth-order valence-corrected chi connectivity index (χ4v) is 3.10. The Labute approximate surface area is 122 Å². The molecule has 1 aromatic heterocycles. The predicted molar refractivity (Wildman–Crippen MR) is 87.5 cm³/mol. The van der Waals surface area contributed by atoms with Gasteiger partial charge in [-0.25, -0.2) is 4.98 Å². The molecule has 0 amide bonds. The fourth-order valence-electron chi connectivity index (χ4n) is 1.93.